The Hall–Kier alpha value is -4.75. The van der Waals surface area contributed by atoms with Crippen molar-refractivity contribution >= 4 is 45.0 Å². The Bertz CT molecular complexity index is 1810. The van der Waals surface area contributed by atoms with Gasteiger partial charge in [-0.05, 0) is 80.4 Å². The molecule has 0 aromatic heterocycles. The second-order valence-electron chi connectivity index (χ2n) is 11.2. The molecule has 2 N–H and O–H groups in total. The molecule has 0 saturated carbocycles. The van der Waals surface area contributed by atoms with Gasteiger partial charge in [0.15, 0.2) is 0 Å². The summed E-state index contributed by atoms with van der Waals surface area (Å²) in [5.41, 5.74) is 0.125. The van der Waals surface area contributed by atoms with Gasteiger partial charge in [-0.1, -0.05) is 42.5 Å². The second-order valence-corrected chi connectivity index (χ2v) is 14.0. The number of halogens is 1. The highest BCUT2D eigenvalue weighted by molar-refractivity contribution is 7.99. The average Bonchev–Trinajstić information content (AvgIpc) is 2.99. The lowest BCUT2D eigenvalue weighted by Crippen LogP contribution is -2.31. The molecule has 0 unspecified atom stereocenters. The minimum Gasteiger partial charge on any atom is -0.460 e. The third kappa shape index (κ3) is 9.62. The van der Waals surface area contributed by atoms with Gasteiger partial charge in [-0.2, -0.15) is 0 Å². The first-order valence-corrected chi connectivity index (χ1v) is 16.5. The lowest BCUT2D eigenvalue weighted by molar-refractivity contribution is -0.384. The van der Waals surface area contributed by atoms with Gasteiger partial charge in [-0.3, -0.25) is 19.7 Å². The van der Waals surface area contributed by atoms with Crippen LogP contribution in [0.1, 0.15) is 37.6 Å². The first kappa shape index (κ1) is 34.1. The van der Waals surface area contributed by atoms with Crippen molar-refractivity contribution in [3.8, 4) is 11.1 Å². The highest BCUT2D eigenvalue weighted by Crippen LogP contribution is 2.30. The van der Waals surface area contributed by atoms with Crippen molar-refractivity contribution in [3.63, 3.8) is 0 Å². The van der Waals surface area contributed by atoms with Gasteiger partial charge in [-0.15, -0.1) is 11.8 Å². The summed E-state index contributed by atoms with van der Waals surface area (Å²) in [7, 11) is -4.51. The fourth-order valence-corrected chi connectivity index (χ4v) is 6.26. The topological polar surface area (TPSA) is 145 Å². The number of thioether (sulfide) groups is 1. The molecular weight excluding hydrogens is 634 g/mol. The molecule has 0 saturated heterocycles. The highest BCUT2D eigenvalue weighted by Gasteiger charge is 2.27. The van der Waals surface area contributed by atoms with Crippen molar-refractivity contribution in [2.75, 3.05) is 11.1 Å². The van der Waals surface area contributed by atoms with Crippen LogP contribution in [0.5, 0.6) is 0 Å². The zero-order valence-corrected chi connectivity index (χ0v) is 26.9. The Labute approximate surface area is 270 Å². The van der Waals surface area contributed by atoms with E-state index in [1.807, 2.05) is 35.1 Å². The van der Waals surface area contributed by atoms with Crippen LogP contribution in [-0.2, 0) is 19.6 Å². The molecule has 4 aromatic carbocycles. The van der Waals surface area contributed by atoms with Gasteiger partial charge in [0.2, 0.25) is 0 Å². The number of sulfonamides is 1. The molecule has 0 fully saturated rings. The monoisotopic (exact) mass is 665 g/mol. The summed E-state index contributed by atoms with van der Waals surface area (Å²) in [5.74, 6) is -1.49. The van der Waals surface area contributed by atoms with E-state index in [1.54, 1.807) is 45.0 Å². The Morgan fingerprint density at radius 1 is 0.935 bits per heavy atom. The van der Waals surface area contributed by atoms with Crippen molar-refractivity contribution < 1.29 is 32.1 Å². The maximum atomic E-state index is 13.2. The van der Waals surface area contributed by atoms with Gasteiger partial charge in [0.05, 0.1) is 16.2 Å². The number of amides is 1. The third-order valence-corrected chi connectivity index (χ3v) is 8.92. The highest BCUT2D eigenvalue weighted by atomic mass is 32.2. The number of esters is 1. The molecule has 0 bridgehead atoms. The number of nitro groups is 1. The van der Waals surface area contributed by atoms with E-state index in [9.17, 15) is 32.5 Å². The summed E-state index contributed by atoms with van der Waals surface area (Å²) < 4.78 is 46.8. The largest absolute Gasteiger partial charge is 0.460 e. The minimum atomic E-state index is -4.51. The summed E-state index contributed by atoms with van der Waals surface area (Å²) in [5, 5.41) is 15.1. The van der Waals surface area contributed by atoms with Gasteiger partial charge in [0.25, 0.3) is 21.6 Å². The SMILES string of the molecule is CC(C)(C)OC(=O)C[C@H](CSc1ccccc1)Nc1ccc(S(=O)(=O)NC(=O)c2ccc(-c3ccc(F)cc3)cc2)cc1[N+](=O)[O-]. The van der Waals surface area contributed by atoms with Gasteiger partial charge < -0.3 is 10.1 Å². The van der Waals surface area contributed by atoms with Crippen LogP contribution in [-0.4, -0.2) is 42.6 Å². The van der Waals surface area contributed by atoms with Crippen molar-refractivity contribution in [3.05, 3.63) is 119 Å². The predicted octanol–water partition coefficient (Wildman–Crippen LogP) is 6.82. The molecular formula is C33H32FN3O7S2. The molecule has 4 rings (SSSR count). The number of carbonyl (C=O) groups is 2. The summed E-state index contributed by atoms with van der Waals surface area (Å²) in [4.78, 5) is 37.2. The van der Waals surface area contributed by atoms with Gasteiger partial charge >= 0.3 is 5.97 Å². The van der Waals surface area contributed by atoms with Crippen LogP contribution in [0, 0.1) is 15.9 Å². The van der Waals surface area contributed by atoms with Crippen molar-refractivity contribution in [1.29, 1.82) is 0 Å². The number of nitrogens with zero attached hydrogens (tertiary/aromatic N) is 1. The molecule has 0 heterocycles. The standard InChI is InChI=1S/C33H32FN3O7S2/c1-33(2,3)44-31(38)19-26(21-45-27-7-5-4-6-8-27)35-29-18-17-28(20-30(29)37(40)41)46(42,43)36-32(39)24-11-9-22(10-12-24)23-13-15-25(34)16-14-23/h4-18,20,26,35H,19,21H2,1-3H3,(H,36,39)/t26-/m1/s1. The maximum Gasteiger partial charge on any atom is 0.308 e. The Balaban J connectivity index is 1.52. The van der Waals surface area contributed by atoms with E-state index in [1.165, 1.54) is 42.1 Å². The third-order valence-electron chi connectivity index (χ3n) is 6.42. The fourth-order valence-electron chi connectivity index (χ4n) is 4.32. The van der Waals surface area contributed by atoms with E-state index in [0.717, 1.165) is 17.0 Å². The van der Waals surface area contributed by atoms with Crippen LogP contribution < -0.4 is 10.0 Å². The van der Waals surface area contributed by atoms with Crippen LogP contribution in [0.4, 0.5) is 15.8 Å². The number of anilines is 1. The zero-order chi connectivity index (χ0) is 33.5. The molecule has 1 amide bonds. The summed E-state index contributed by atoms with van der Waals surface area (Å²) in [6, 6.07) is 23.7. The summed E-state index contributed by atoms with van der Waals surface area (Å²) in [6.07, 6.45) is -0.107. The first-order valence-electron chi connectivity index (χ1n) is 14.1. The average molecular weight is 666 g/mol. The molecule has 4 aromatic rings. The molecule has 46 heavy (non-hydrogen) atoms. The van der Waals surface area contributed by atoms with Crippen LogP contribution in [0.15, 0.2) is 107 Å². The lowest BCUT2D eigenvalue weighted by atomic mass is 10.0. The smallest absolute Gasteiger partial charge is 0.308 e. The fraction of sp³-hybridized carbons (Fsp3) is 0.212. The van der Waals surface area contributed by atoms with Crippen LogP contribution >= 0.6 is 11.8 Å². The van der Waals surface area contributed by atoms with Crippen LogP contribution in [0.2, 0.25) is 0 Å². The molecule has 1 atom stereocenters. The maximum absolute atomic E-state index is 13.2. The van der Waals surface area contributed by atoms with E-state index in [0.29, 0.717) is 16.9 Å². The Morgan fingerprint density at radius 3 is 2.13 bits per heavy atom. The number of carbonyl (C=O) groups excluding carboxylic acids is 2. The molecule has 0 aliphatic heterocycles. The number of hydrogen-bond acceptors (Lipinski definition) is 9. The minimum absolute atomic E-state index is 0.00567. The zero-order valence-electron chi connectivity index (χ0n) is 25.2. The van der Waals surface area contributed by atoms with Crippen molar-refractivity contribution in [2.24, 2.45) is 0 Å². The number of nitro benzene ring substituents is 1. The number of benzene rings is 4. The van der Waals surface area contributed by atoms with Crippen LogP contribution in [0.3, 0.4) is 0 Å². The predicted molar refractivity (Wildman–Crippen MR) is 175 cm³/mol. The molecule has 13 heteroatoms. The number of nitrogens with one attached hydrogen (secondary N) is 2. The molecule has 0 aliphatic rings. The quantitative estimate of drug-likeness (QED) is 0.0720. The molecule has 0 spiro atoms. The number of rotatable bonds is 12. The van der Waals surface area contributed by atoms with Crippen molar-refractivity contribution in [2.45, 2.75) is 48.6 Å². The molecule has 0 aliphatic carbocycles. The number of ether oxygens (including phenoxy) is 1. The van der Waals surface area contributed by atoms with Crippen LogP contribution in [0.25, 0.3) is 11.1 Å². The Morgan fingerprint density at radius 2 is 1.54 bits per heavy atom. The van der Waals surface area contributed by atoms with Crippen molar-refractivity contribution in [1.82, 2.24) is 4.72 Å². The van der Waals surface area contributed by atoms with E-state index in [2.05, 4.69) is 5.32 Å². The molecule has 0 radical (unpaired) electrons. The molecule has 10 nitrogen and oxygen atoms in total. The van der Waals surface area contributed by atoms with E-state index in [-0.39, 0.29) is 17.7 Å². The first-order chi connectivity index (χ1) is 21.7. The van der Waals surface area contributed by atoms with E-state index < -0.39 is 54.9 Å². The lowest BCUT2D eigenvalue weighted by Gasteiger charge is -2.23. The van der Waals surface area contributed by atoms with Gasteiger partial charge in [0, 0.05) is 28.3 Å². The second kappa shape index (κ2) is 14.6. The number of hydrogen-bond donors (Lipinski definition) is 2. The molecule has 240 valence electrons. The normalized spacial score (nSPS) is 12.2. The van der Waals surface area contributed by atoms with Gasteiger partial charge in [-0.25, -0.2) is 17.5 Å². The summed E-state index contributed by atoms with van der Waals surface area (Å²) >= 11 is 1.44. The van der Waals surface area contributed by atoms with Gasteiger partial charge in [0.1, 0.15) is 17.1 Å². The summed E-state index contributed by atoms with van der Waals surface area (Å²) in [6.45, 7) is 5.20. The van der Waals surface area contributed by atoms with E-state index in [4.69, 9.17) is 4.74 Å². The van der Waals surface area contributed by atoms with E-state index >= 15 is 0 Å². The Kier molecular flexibility index (Phi) is 10.8.